The molecule has 2 aromatic rings. The van der Waals surface area contributed by atoms with E-state index in [2.05, 4.69) is 79.5 Å². The maximum atomic E-state index is 13.5. The largest absolute Gasteiger partial charge is 0.367 e. The average Bonchev–Trinajstić information content (AvgIpc) is 2.72. The number of hydrogen-bond donors (Lipinski definition) is 1. The number of nitrogens with one attached hydrogen (secondary N) is 1. The Morgan fingerprint density at radius 1 is 1.00 bits per heavy atom. The minimum Gasteiger partial charge on any atom is -0.367 e. The van der Waals surface area contributed by atoms with Crippen LogP contribution in [0, 0.1) is 18.8 Å². The summed E-state index contributed by atoms with van der Waals surface area (Å²) in [5.41, 5.74) is 5.58. The summed E-state index contributed by atoms with van der Waals surface area (Å²) in [6.07, 6.45) is 3.00. The first-order valence-electron chi connectivity index (χ1n) is 10.9. The van der Waals surface area contributed by atoms with E-state index in [1.54, 1.807) is 0 Å². The van der Waals surface area contributed by atoms with Crippen LogP contribution in [-0.2, 0) is 4.79 Å². The molecule has 0 radical (unpaired) electrons. The van der Waals surface area contributed by atoms with Crippen molar-refractivity contribution in [1.82, 2.24) is 4.90 Å². The summed E-state index contributed by atoms with van der Waals surface area (Å²) in [6, 6.07) is 18.9. The first kappa shape index (κ1) is 19.8. The van der Waals surface area contributed by atoms with Crippen LogP contribution in [0.5, 0.6) is 0 Å². The molecule has 0 aromatic heterocycles. The van der Waals surface area contributed by atoms with Crippen LogP contribution in [-0.4, -0.2) is 23.8 Å². The predicted molar refractivity (Wildman–Crippen MR) is 120 cm³/mol. The van der Waals surface area contributed by atoms with Gasteiger partial charge in [0.2, 0.25) is 0 Å². The molecule has 3 heteroatoms. The highest BCUT2D eigenvalue weighted by Gasteiger charge is 2.38. The standard InChI is InChI=1S/C26H32N2O/c1-18-10-9-15-28(17-18)26-24(29)16-22(21-12-5-4-6-13-21)20(3)25(26)27-23-14-8-7-11-19(23)2/h4-8,11-14,18,20,22,27H,9-10,15-17H2,1-3H3. The van der Waals surface area contributed by atoms with Crippen molar-refractivity contribution in [3.8, 4) is 0 Å². The predicted octanol–water partition coefficient (Wildman–Crippen LogP) is 5.74. The van der Waals surface area contributed by atoms with E-state index in [1.165, 1.54) is 17.5 Å². The van der Waals surface area contributed by atoms with Crippen LogP contribution < -0.4 is 5.32 Å². The summed E-state index contributed by atoms with van der Waals surface area (Å²) >= 11 is 0. The number of anilines is 1. The van der Waals surface area contributed by atoms with Gasteiger partial charge in [0.1, 0.15) is 5.70 Å². The number of benzene rings is 2. The lowest BCUT2D eigenvalue weighted by molar-refractivity contribution is -0.118. The van der Waals surface area contributed by atoms with Crippen LogP contribution in [0.15, 0.2) is 66.0 Å². The fourth-order valence-corrected chi connectivity index (χ4v) is 4.92. The van der Waals surface area contributed by atoms with Crippen molar-refractivity contribution in [2.24, 2.45) is 11.8 Å². The SMILES string of the molecule is Cc1ccccc1NC1=C(N2CCCC(C)C2)C(=O)CC(c2ccccc2)C1C. The maximum absolute atomic E-state index is 13.5. The summed E-state index contributed by atoms with van der Waals surface area (Å²) in [5.74, 6) is 1.37. The number of ketones is 1. The third-order valence-corrected chi connectivity index (χ3v) is 6.60. The quantitative estimate of drug-likeness (QED) is 0.724. The summed E-state index contributed by atoms with van der Waals surface area (Å²) in [4.78, 5) is 15.8. The van der Waals surface area contributed by atoms with E-state index >= 15 is 0 Å². The highest BCUT2D eigenvalue weighted by molar-refractivity contribution is 5.98. The molecule has 1 N–H and O–H groups in total. The zero-order valence-electron chi connectivity index (χ0n) is 17.8. The third-order valence-electron chi connectivity index (χ3n) is 6.60. The molecule has 4 rings (SSSR count). The summed E-state index contributed by atoms with van der Waals surface area (Å²) in [6.45, 7) is 8.65. The van der Waals surface area contributed by atoms with Crippen LogP contribution >= 0.6 is 0 Å². The fourth-order valence-electron chi connectivity index (χ4n) is 4.92. The van der Waals surface area contributed by atoms with Crippen LogP contribution in [0.2, 0.25) is 0 Å². The Morgan fingerprint density at radius 2 is 1.72 bits per heavy atom. The summed E-state index contributed by atoms with van der Waals surface area (Å²) < 4.78 is 0. The van der Waals surface area contributed by atoms with Crippen molar-refractivity contribution in [2.75, 3.05) is 18.4 Å². The van der Waals surface area contributed by atoms with E-state index in [9.17, 15) is 4.79 Å². The van der Waals surface area contributed by atoms with Gasteiger partial charge in [-0.05, 0) is 48.8 Å². The molecule has 0 spiro atoms. The number of carbonyl (C=O) groups excluding carboxylic acids is 1. The second-order valence-electron chi connectivity index (χ2n) is 8.83. The zero-order chi connectivity index (χ0) is 20.4. The van der Waals surface area contributed by atoms with E-state index < -0.39 is 0 Å². The van der Waals surface area contributed by atoms with Gasteiger partial charge in [0.15, 0.2) is 5.78 Å². The van der Waals surface area contributed by atoms with Crippen molar-refractivity contribution in [2.45, 2.75) is 46.0 Å². The van der Waals surface area contributed by atoms with E-state index in [0.29, 0.717) is 12.3 Å². The van der Waals surface area contributed by atoms with E-state index in [4.69, 9.17) is 0 Å². The molecule has 3 unspecified atom stereocenters. The van der Waals surface area contributed by atoms with Gasteiger partial charge in [-0.3, -0.25) is 4.79 Å². The van der Waals surface area contributed by atoms with Gasteiger partial charge < -0.3 is 10.2 Å². The Kier molecular flexibility index (Phi) is 5.75. The van der Waals surface area contributed by atoms with E-state index in [1.807, 2.05) is 6.07 Å². The van der Waals surface area contributed by atoms with E-state index in [-0.39, 0.29) is 17.6 Å². The molecular weight excluding hydrogens is 356 g/mol. The van der Waals surface area contributed by atoms with Crippen LogP contribution in [0.1, 0.15) is 50.2 Å². The molecule has 0 saturated carbocycles. The van der Waals surface area contributed by atoms with Crippen molar-refractivity contribution in [3.63, 3.8) is 0 Å². The van der Waals surface area contributed by atoms with Crippen LogP contribution in [0.3, 0.4) is 0 Å². The lowest BCUT2D eigenvalue weighted by Gasteiger charge is -2.41. The topological polar surface area (TPSA) is 32.3 Å². The number of hydrogen-bond acceptors (Lipinski definition) is 3. The van der Waals surface area contributed by atoms with Gasteiger partial charge in [0.05, 0.1) is 0 Å². The number of piperidine rings is 1. The molecule has 0 bridgehead atoms. The summed E-state index contributed by atoms with van der Waals surface area (Å²) in [5, 5.41) is 3.71. The van der Waals surface area contributed by atoms with Crippen molar-refractivity contribution < 1.29 is 4.79 Å². The Labute approximate surface area is 174 Å². The van der Waals surface area contributed by atoms with Gasteiger partial charge in [-0.2, -0.15) is 0 Å². The molecule has 1 fully saturated rings. The minimum atomic E-state index is 0.209. The first-order chi connectivity index (χ1) is 14.0. The Bertz CT molecular complexity index is 902. The number of para-hydroxylation sites is 1. The van der Waals surface area contributed by atoms with Gasteiger partial charge in [0, 0.05) is 36.8 Å². The van der Waals surface area contributed by atoms with Gasteiger partial charge >= 0.3 is 0 Å². The number of allylic oxidation sites excluding steroid dienone is 2. The van der Waals surface area contributed by atoms with Gasteiger partial charge in [-0.25, -0.2) is 0 Å². The van der Waals surface area contributed by atoms with Crippen molar-refractivity contribution >= 4 is 11.5 Å². The minimum absolute atomic E-state index is 0.209. The monoisotopic (exact) mass is 388 g/mol. The maximum Gasteiger partial charge on any atom is 0.181 e. The molecule has 2 aliphatic rings. The second kappa shape index (κ2) is 8.44. The molecular formula is C26H32N2O. The van der Waals surface area contributed by atoms with E-state index in [0.717, 1.165) is 36.6 Å². The molecule has 1 heterocycles. The molecule has 1 aliphatic carbocycles. The summed E-state index contributed by atoms with van der Waals surface area (Å²) in [7, 11) is 0. The van der Waals surface area contributed by atoms with Crippen LogP contribution in [0.4, 0.5) is 5.69 Å². The van der Waals surface area contributed by atoms with Crippen molar-refractivity contribution in [1.29, 1.82) is 0 Å². The van der Waals surface area contributed by atoms with Gasteiger partial charge in [-0.15, -0.1) is 0 Å². The molecule has 0 amide bonds. The molecule has 3 atom stereocenters. The molecule has 1 saturated heterocycles. The van der Waals surface area contributed by atoms with Gasteiger partial charge in [0.25, 0.3) is 0 Å². The number of nitrogens with zero attached hydrogens (tertiary/aromatic N) is 1. The number of Topliss-reactive ketones (excluding diaryl/α,β-unsaturated/α-hetero) is 1. The Hall–Kier alpha value is -2.55. The number of carbonyl (C=O) groups is 1. The number of likely N-dealkylation sites (tertiary alicyclic amines) is 1. The zero-order valence-corrected chi connectivity index (χ0v) is 17.8. The number of aryl methyl sites for hydroxylation is 1. The first-order valence-corrected chi connectivity index (χ1v) is 10.9. The van der Waals surface area contributed by atoms with Crippen molar-refractivity contribution in [3.05, 3.63) is 77.1 Å². The lowest BCUT2D eigenvalue weighted by atomic mass is 9.75. The lowest BCUT2D eigenvalue weighted by Crippen LogP contribution is -2.42. The van der Waals surface area contributed by atoms with Gasteiger partial charge in [-0.1, -0.05) is 62.4 Å². The fraction of sp³-hybridized carbons (Fsp3) is 0.423. The molecule has 152 valence electrons. The third kappa shape index (κ3) is 4.10. The number of rotatable bonds is 4. The average molecular weight is 389 g/mol. The highest BCUT2D eigenvalue weighted by Crippen LogP contribution is 2.41. The molecule has 1 aliphatic heterocycles. The van der Waals surface area contributed by atoms with Crippen LogP contribution in [0.25, 0.3) is 0 Å². The molecule has 2 aromatic carbocycles. The smallest absolute Gasteiger partial charge is 0.181 e. The normalized spacial score (nSPS) is 25.3. The molecule has 3 nitrogen and oxygen atoms in total. The highest BCUT2D eigenvalue weighted by atomic mass is 16.1. The Morgan fingerprint density at radius 3 is 2.45 bits per heavy atom. The molecule has 29 heavy (non-hydrogen) atoms. The Balaban J connectivity index is 1.77. The second-order valence-corrected chi connectivity index (χ2v) is 8.83.